The third-order valence-electron chi connectivity index (χ3n) is 3.40. The molecular weight excluding hydrogens is 265 g/mol. The van der Waals surface area contributed by atoms with Gasteiger partial charge in [-0.25, -0.2) is 0 Å². The van der Waals surface area contributed by atoms with Gasteiger partial charge in [0.15, 0.2) is 0 Å². The van der Waals surface area contributed by atoms with E-state index in [9.17, 15) is 13.2 Å². The van der Waals surface area contributed by atoms with E-state index in [1.807, 2.05) is 11.9 Å². The number of halogens is 3. The molecule has 2 heterocycles. The van der Waals surface area contributed by atoms with Gasteiger partial charge in [0, 0.05) is 18.6 Å². The van der Waals surface area contributed by atoms with E-state index in [1.165, 1.54) is 0 Å². The first kappa shape index (κ1) is 13.5. The first-order valence-corrected chi connectivity index (χ1v) is 6.50. The zero-order valence-electron chi connectivity index (χ0n) is 10.2. The standard InChI is InChI=1S/C10H15F3N4S/c1-9(14-2)3-5-17(6-4-9)8-16-15-7(18-8)10(11,12)13/h14H,3-6H2,1-2H3. The first-order valence-electron chi connectivity index (χ1n) is 5.69. The van der Waals surface area contributed by atoms with Gasteiger partial charge in [0.25, 0.3) is 0 Å². The highest BCUT2D eigenvalue weighted by Crippen LogP contribution is 2.35. The number of anilines is 1. The summed E-state index contributed by atoms with van der Waals surface area (Å²) in [7, 11) is 1.91. The van der Waals surface area contributed by atoms with Gasteiger partial charge in [-0.05, 0) is 26.8 Å². The third kappa shape index (κ3) is 2.74. The van der Waals surface area contributed by atoms with Crippen molar-refractivity contribution in [2.75, 3.05) is 25.0 Å². The molecule has 0 unspecified atom stereocenters. The molecule has 18 heavy (non-hydrogen) atoms. The van der Waals surface area contributed by atoms with Crippen LogP contribution in [0.5, 0.6) is 0 Å². The summed E-state index contributed by atoms with van der Waals surface area (Å²) in [5.74, 6) is 0. The molecule has 1 fully saturated rings. The predicted octanol–water partition coefficient (Wildman–Crippen LogP) is 2.14. The summed E-state index contributed by atoms with van der Waals surface area (Å²) < 4.78 is 37.3. The molecule has 2 rings (SSSR count). The minimum Gasteiger partial charge on any atom is -0.347 e. The van der Waals surface area contributed by atoms with Crippen molar-refractivity contribution in [3.63, 3.8) is 0 Å². The van der Waals surface area contributed by atoms with Crippen molar-refractivity contribution >= 4 is 16.5 Å². The minimum atomic E-state index is -4.40. The molecule has 0 atom stereocenters. The van der Waals surface area contributed by atoms with Crippen LogP contribution in [0.3, 0.4) is 0 Å². The highest BCUT2D eigenvalue weighted by molar-refractivity contribution is 7.15. The molecule has 0 aliphatic carbocycles. The van der Waals surface area contributed by atoms with Crippen molar-refractivity contribution in [2.24, 2.45) is 0 Å². The van der Waals surface area contributed by atoms with Crippen molar-refractivity contribution in [3.8, 4) is 0 Å². The smallest absolute Gasteiger partial charge is 0.347 e. The Bertz CT molecular complexity index is 410. The summed E-state index contributed by atoms with van der Waals surface area (Å²) in [4.78, 5) is 1.87. The van der Waals surface area contributed by atoms with E-state index in [-0.39, 0.29) is 5.54 Å². The molecule has 8 heteroatoms. The van der Waals surface area contributed by atoms with Crippen LogP contribution in [0.15, 0.2) is 0 Å². The van der Waals surface area contributed by atoms with Gasteiger partial charge >= 0.3 is 6.18 Å². The quantitative estimate of drug-likeness (QED) is 0.901. The zero-order chi connectivity index (χ0) is 13.4. The fourth-order valence-electron chi connectivity index (χ4n) is 1.90. The van der Waals surface area contributed by atoms with Gasteiger partial charge in [-0.1, -0.05) is 11.3 Å². The van der Waals surface area contributed by atoms with E-state index in [0.29, 0.717) is 29.6 Å². The van der Waals surface area contributed by atoms with E-state index in [0.717, 1.165) is 12.8 Å². The van der Waals surface area contributed by atoms with Crippen LogP contribution in [0.4, 0.5) is 18.3 Å². The molecule has 1 aromatic rings. The van der Waals surface area contributed by atoms with Crippen molar-refractivity contribution in [3.05, 3.63) is 5.01 Å². The molecule has 0 radical (unpaired) electrons. The lowest BCUT2D eigenvalue weighted by atomic mass is 9.90. The van der Waals surface area contributed by atoms with Gasteiger partial charge in [-0.3, -0.25) is 0 Å². The van der Waals surface area contributed by atoms with Crippen LogP contribution < -0.4 is 10.2 Å². The van der Waals surface area contributed by atoms with Gasteiger partial charge in [0.05, 0.1) is 0 Å². The Kier molecular flexibility index (Phi) is 3.50. The van der Waals surface area contributed by atoms with Crippen LogP contribution in [-0.4, -0.2) is 35.9 Å². The van der Waals surface area contributed by atoms with Crippen molar-refractivity contribution < 1.29 is 13.2 Å². The molecule has 4 nitrogen and oxygen atoms in total. The first-order chi connectivity index (χ1) is 8.34. The van der Waals surface area contributed by atoms with Crippen molar-refractivity contribution in [1.82, 2.24) is 15.5 Å². The summed E-state index contributed by atoms with van der Waals surface area (Å²) in [6, 6.07) is 0. The average molecular weight is 280 g/mol. The monoisotopic (exact) mass is 280 g/mol. The number of nitrogens with one attached hydrogen (secondary N) is 1. The van der Waals surface area contributed by atoms with Crippen molar-refractivity contribution in [1.29, 1.82) is 0 Å². The van der Waals surface area contributed by atoms with Crippen LogP contribution in [0.2, 0.25) is 0 Å². The molecular formula is C10H15F3N4S. The largest absolute Gasteiger partial charge is 0.445 e. The number of piperidine rings is 1. The fourth-order valence-corrected chi connectivity index (χ4v) is 2.66. The topological polar surface area (TPSA) is 41.0 Å². The van der Waals surface area contributed by atoms with Crippen molar-refractivity contribution in [2.45, 2.75) is 31.5 Å². The van der Waals surface area contributed by atoms with E-state index < -0.39 is 11.2 Å². The maximum Gasteiger partial charge on any atom is 0.445 e. The summed E-state index contributed by atoms with van der Waals surface area (Å²) in [5, 5.41) is 9.57. The summed E-state index contributed by atoms with van der Waals surface area (Å²) >= 11 is 0.612. The number of alkyl halides is 3. The van der Waals surface area contributed by atoms with E-state index >= 15 is 0 Å². The number of nitrogens with zero attached hydrogens (tertiary/aromatic N) is 3. The molecule has 1 N–H and O–H groups in total. The number of aromatic nitrogens is 2. The maximum absolute atomic E-state index is 12.4. The highest BCUT2D eigenvalue weighted by Gasteiger charge is 2.37. The van der Waals surface area contributed by atoms with E-state index in [1.54, 1.807) is 0 Å². The Balaban J connectivity index is 2.04. The van der Waals surface area contributed by atoms with Crippen LogP contribution in [-0.2, 0) is 6.18 Å². The number of hydrogen-bond donors (Lipinski definition) is 1. The molecule has 1 saturated heterocycles. The number of hydrogen-bond acceptors (Lipinski definition) is 5. The molecule has 0 aromatic carbocycles. The minimum absolute atomic E-state index is 0.0635. The summed E-state index contributed by atoms with van der Waals surface area (Å²) in [6.07, 6.45) is -2.64. The lowest BCUT2D eigenvalue weighted by molar-refractivity contribution is -0.138. The second kappa shape index (κ2) is 4.65. The second-order valence-corrected chi connectivity index (χ2v) is 5.64. The van der Waals surface area contributed by atoms with Gasteiger partial charge in [-0.15, -0.1) is 10.2 Å². The van der Waals surface area contributed by atoms with Gasteiger partial charge in [-0.2, -0.15) is 13.2 Å². The van der Waals surface area contributed by atoms with E-state index in [4.69, 9.17) is 0 Å². The molecule has 0 spiro atoms. The average Bonchev–Trinajstić information content (AvgIpc) is 2.79. The lowest BCUT2D eigenvalue weighted by Crippen LogP contribution is -2.50. The summed E-state index contributed by atoms with van der Waals surface area (Å²) in [6.45, 7) is 3.51. The molecule has 102 valence electrons. The third-order valence-corrected chi connectivity index (χ3v) is 4.43. The molecule has 1 aliphatic rings. The summed E-state index contributed by atoms with van der Waals surface area (Å²) in [5.41, 5.74) is 0.0635. The molecule has 1 aromatic heterocycles. The highest BCUT2D eigenvalue weighted by atomic mass is 32.1. The van der Waals surface area contributed by atoms with Gasteiger partial charge in [0.1, 0.15) is 0 Å². The molecule has 0 amide bonds. The van der Waals surface area contributed by atoms with Crippen LogP contribution in [0, 0.1) is 0 Å². The Labute approximate surface area is 107 Å². The fraction of sp³-hybridized carbons (Fsp3) is 0.800. The van der Waals surface area contributed by atoms with Crippen LogP contribution in [0.25, 0.3) is 0 Å². The SMILES string of the molecule is CNC1(C)CCN(c2nnc(C(F)(F)F)s2)CC1. The Hall–Kier alpha value is -0.890. The predicted molar refractivity (Wildman–Crippen MR) is 63.8 cm³/mol. The normalized spacial score (nSPS) is 20.2. The molecule has 0 saturated carbocycles. The Morgan fingerprint density at radius 2 is 1.89 bits per heavy atom. The van der Waals surface area contributed by atoms with E-state index in [2.05, 4.69) is 22.4 Å². The van der Waals surface area contributed by atoms with Gasteiger partial charge in [0.2, 0.25) is 10.1 Å². The Morgan fingerprint density at radius 1 is 1.28 bits per heavy atom. The van der Waals surface area contributed by atoms with Crippen LogP contribution in [0.1, 0.15) is 24.8 Å². The van der Waals surface area contributed by atoms with Crippen LogP contribution >= 0.6 is 11.3 Å². The zero-order valence-corrected chi connectivity index (χ0v) is 11.0. The molecule has 1 aliphatic heterocycles. The molecule has 0 bridgehead atoms. The van der Waals surface area contributed by atoms with Gasteiger partial charge < -0.3 is 10.2 Å². The lowest BCUT2D eigenvalue weighted by Gasteiger charge is -2.39. The maximum atomic E-state index is 12.4. The second-order valence-electron chi connectivity index (χ2n) is 4.69. The Morgan fingerprint density at radius 3 is 2.33 bits per heavy atom. The number of rotatable bonds is 2.